The zero-order valence-electron chi connectivity index (χ0n) is 11.6. The van der Waals surface area contributed by atoms with Gasteiger partial charge in [0.1, 0.15) is 0 Å². The number of nitrogens with zero attached hydrogens (tertiary/aromatic N) is 1. The fourth-order valence-corrected chi connectivity index (χ4v) is 4.11. The van der Waals surface area contributed by atoms with Crippen molar-refractivity contribution in [1.82, 2.24) is 10.3 Å². The van der Waals surface area contributed by atoms with E-state index in [9.17, 15) is 0 Å². The van der Waals surface area contributed by atoms with E-state index in [-0.39, 0.29) is 11.6 Å². The number of nitrogens with two attached hydrogens (primary N) is 1. The summed E-state index contributed by atoms with van der Waals surface area (Å²) in [7, 11) is 4.38. The van der Waals surface area contributed by atoms with E-state index >= 15 is 0 Å². The lowest BCUT2D eigenvalue weighted by Gasteiger charge is -2.49. The second-order valence-electron chi connectivity index (χ2n) is 5.80. The van der Waals surface area contributed by atoms with Crippen LogP contribution in [0.25, 0.3) is 0 Å². The molecule has 1 unspecified atom stereocenters. The summed E-state index contributed by atoms with van der Waals surface area (Å²) in [6, 6.07) is 4.54. The van der Waals surface area contributed by atoms with Crippen molar-refractivity contribution in [2.75, 3.05) is 14.1 Å². The van der Waals surface area contributed by atoms with Crippen molar-refractivity contribution in [2.45, 2.75) is 44.2 Å². The van der Waals surface area contributed by atoms with E-state index in [2.05, 4.69) is 48.9 Å². The first-order valence-electron chi connectivity index (χ1n) is 6.77. The molecule has 4 heteroatoms. The van der Waals surface area contributed by atoms with Crippen LogP contribution in [0.5, 0.6) is 0 Å². The molecule has 0 aliphatic heterocycles. The minimum absolute atomic E-state index is 0.159. The van der Waals surface area contributed by atoms with Crippen LogP contribution in [0.15, 0.2) is 17.5 Å². The zero-order chi connectivity index (χ0) is 13.2. The summed E-state index contributed by atoms with van der Waals surface area (Å²) < 4.78 is 0. The maximum Gasteiger partial charge on any atom is 0.0736 e. The van der Waals surface area contributed by atoms with E-state index in [0.29, 0.717) is 0 Å². The van der Waals surface area contributed by atoms with Crippen molar-refractivity contribution < 1.29 is 0 Å². The molecule has 3 N–H and O–H groups in total. The van der Waals surface area contributed by atoms with Crippen molar-refractivity contribution in [3.05, 3.63) is 22.4 Å². The molecule has 1 fully saturated rings. The fraction of sp³-hybridized carbons (Fsp3) is 0.714. The Bertz CT molecular complexity index is 353. The maximum atomic E-state index is 5.88. The van der Waals surface area contributed by atoms with Crippen LogP contribution in [0.3, 0.4) is 0 Å². The quantitative estimate of drug-likeness (QED) is 0.651. The number of hydrogen-bond acceptors (Lipinski definition) is 4. The van der Waals surface area contributed by atoms with Crippen molar-refractivity contribution >= 4 is 11.3 Å². The van der Waals surface area contributed by atoms with Gasteiger partial charge in [0.2, 0.25) is 0 Å². The minimum atomic E-state index is 0.159. The Labute approximate surface area is 114 Å². The second kappa shape index (κ2) is 5.70. The number of rotatable bonds is 4. The smallest absolute Gasteiger partial charge is 0.0736 e. The van der Waals surface area contributed by atoms with Gasteiger partial charge in [-0.25, -0.2) is 0 Å². The van der Waals surface area contributed by atoms with Crippen molar-refractivity contribution in [2.24, 2.45) is 11.8 Å². The number of hydrazine groups is 1. The van der Waals surface area contributed by atoms with E-state index in [1.54, 1.807) is 11.3 Å². The summed E-state index contributed by atoms with van der Waals surface area (Å²) in [6.07, 6.45) is 5.02. The Morgan fingerprint density at radius 3 is 2.56 bits per heavy atom. The molecule has 0 spiro atoms. The maximum absolute atomic E-state index is 5.88. The minimum Gasteiger partial charge on any atom is -0.302 e. The molecule has 1 heterocycles. The van der Waals surface area contributed by atoms with Crippen molar-refractivity contribution in [3.8, 4) is 0 Å². The highest BCUT2D eigenvalue weighted by atomic mass is 32.1. The summed E-state index contributed by atoms with van der Waals surface area (Å²) in [5.74, 6) is 6.73. The Kier molecular flexibility index (Phi) is 4.43. The molecular weight excluding hydrogens is 242 g/mol. The first-order valence-corrected chi connectivity index (χ1v) is 7.65. The van der Waals surface area contributed by atoms with Crippen LogP contribution in [0.1, 0.15) is 43.5 Å². The van der Waals surface area contributed by atoms with Crippen LogP contribution in [-0.2, 0) is 0 Å². The van der Waals surface area contributed by atoms with Gasteiger partial charge in [0, 0.05) is 10.4 Å². The summed E-state index contributed by atoms with van der Waals surface area (Å²) in [5.41, 5.74) is 3.24. The summed E-state index contributed by atoms with van der Waals surface area (Å²) in [5, 5.41) is 2.13. The Hall–Kier alpha value is -0.420. The molecule has 0 aromatic carbocycles. The van der Waals surface area contributed by atoms with Crippen LogP contribution < -0.4 is 11.3 Å². The van der Waals surface area contributed by atoms with Crippen LogP contribution in [0.2, 0.25) is 0 Å². The highest BCUT2D eigenvalue weighted by molar-refractivity contribution is 7.10. The molecule has 18 heavy (non-hydrogen) atoms. The Morgan fingerprint density at radius 2 is 2.11 bits per heavy atom. The topological polar surface area (TPSA) is 41.3 Å². The third kappa shape index (κ3) is 2.48. The SMILES string of the molecule is CC1CCC(C(NN)c2cccs2)(N(C)C)CC1. The Balaban J connectivity index is 2.28. The normalized spacial score (nSPS) is 30.6. The number of likely N-dealkylation sites (N-methyl/N-ethyl adjacent to an activating group) is 1. The van der Waals surface area contributed by atoms with Crippen LogP contribution in [0.4, 0.5) is 0 Å². The van der Waals surface area contributed by atoms with Gasteiger partial charge in [-0.15, -0.1) is 11.3 Å². The number of thiophene rings is 1. The predicted molar refractivity (Wildman–Crippen MR) is 78.4 cm³/mol. The molecule has 2 rings (SSSR count). The summed E-state index contributed by atoms with van der Waals surface area (Å²) >= 11 is 1.80. The fourth-order valence-electron chi connectivity index (χ4n) is 3.21. The van der Waals surface area contributed by atoms with E-state index in [1.807, 2.05) is 0 Å². The standard InChI is InChI=1S/C14H25N3S/c1-11-6-8-14(9-7-11,17(2)3)13(16-15)12-5-4-10-18-12/h4-5,10-11,13,16H,6-9,15H2,1-3H3. The molecule has 1 aliphatic carbocycles. The van der Waals surface area contributed by atoms with Crippen LogP contribution in [-0.4, -0.2) is 24.5 Å². The number of nitrogens with one attached hydrogen (secondary N) is 1. The summed E-state index contributed by atoms with van der Waals surface area (Å²) in [4.78, 5) is 3.73. The van der Waals surface area contributed by atoms with E-state index in [0.717, 1.165) is 5.92 Å². The van der Waals surface area contributed by atoms with Gasteiger partial charge in [-0.1, -0.05) is 13.0 Å². The third-order valence-electron chi connectivity index (χ3n) is 4.56. The monoisotopic (exact) mass is 267 g/mol. The lowest BCUT2D eigenvalue weighted by atomic mass is 9.72. The third-order valence-corrected chi connectivity index (χ3v) is 5.50. The van der Waals surface area contributed by atoms with Gasteiger partial charge in [0.05, 0.1) is 6.04 Å². The van der Waals surface area contributed by atoms with Gasteiger partial charge < -0.3 is 4.90 Å². The predicted octanol–water partition coefficient (Wildman–Crippen LogP) is 2.76. The molecule has 0 saturated heterocycles. The van der Waals surface area contributed by atoms with Gasteiger partial charge in [0.25, 0.3) is 0 Å². The highest BCUT2D eigenvalue weighted by Gasteiger charge is 2.43. The van der Waals surface area contributed by atoms with Gasteiger partial charge in [-0.05, 0) is 57.1 Å². The van der Waals surface area contributed by atoms with E-state index in [1.165, 1.54) is 30.6 Å². The molecule has 1 aromatic heterocycles. The molecule has 1 aliphatic rings. The van der Waals surface area contributed by atoms with Crippen LogP contribution in [0, 0.1) is 5.92 Å². The zero-order valence-corrected chi connectivity index (χ0v) is 12.5. The molecule has 1 aromatic rings. The number of hydrogen-bond donors (Lipinski definition) is 2. The average molecular weight is 267 g/mol. The van der Waals surface area contributed by atoms with Gasteiger partial charge >= 0.3 is 0 Å². The largest absolute Gasteiger partial charge is 0.302 e. The first kappa shape index (κ1) is 14.0. The molecule has 0 bridgehead atoms. The molecular formula is C14H25N3S. The van der Waals surface area contributed by atoms with E-state index in [4.69, 9.17) is 5.84 Å². The van der Waals surface area contributed by atoms with Crippen molar-refractivity contribution in [3.63, 3.8) is 0 Å². The first-order chi connectivity index (χ1) is 8.60. The van der Waals surface area contributed by atoms with Gasteiger partial charge in [0.15, 0.2) is 0 Å². The molecule has 1 atom stereocenters. The van der Waals surface area contributed by atoms with Gasteiger partial charge in [-0.2, -0.15) is 0 Å². The molecule has 102 valence electrons. The molecule has 3 nitrogen and oxygen atoms in total. The lowest BCUT2D eigenvalue weighted by Crippen LogP contribution is -2.56. The average Bonchev–Trinajstić information content (AvgIpc) is 2.86. The molecule has 0 amide bonds. The highest BCUT2D eigenvalue weighted by Crippen LogP contribution is 2.44. The molecule has 0 radical (unpaired) electrons. The summed E-state index contributed by atoms with van der Waals surface area (Å²) in [6.45, 7) is 2.36. The second-order valence-corrected chi connectivity index (χ2v) is 6.77. The van der Waals surface area contributed by atoms with Gasteiger partial charge in [-0.3, -0.25) is 11.3 Å². The van der Waals surface area contributed by atoms with Crippen molar-refractivity contribution in [1.29, 1.82) is 0 Å². The Morgan fingerprint density at radius 1 is 1.44 bits per heavy atom. The van der Waals surface area contributed by atoms with Crippen LogP contribution >= 0.6 is 11.3 Å². The molecule has 1 saturated carbocycles. The van der Waals surface area contributed by atoms with E-state index < -0.39 is 0 Å². The lowest BCUT2D eigenvalue weighted by molar-refractivity contribution is 0.0440.